The Morgan fingerprint density at radius 3 is 2.69 bits per heavy atom. The maximum Gasteiger partial charge on any atom is 0.342 e. The summed E-state index contributed by atoms with van der Waals surface area (Å²) in [6.07, 6.45) is 6.57. The van der Waals surface area contributed by atoms with Crippen molar-refractivity contribution in [2.75, 3.05) is 5.32 Å². The van der Waals surface area contributed by atoms with Crippen LogP contribution in [-0.4, -0.2) is 17.1 Å². The van der Waals surface area contributed by atoms with E-state index in [-0.39, 0.29) is 23.7 Å². The standard InChI is InChI=1S/C20H20N2O3S/c1-11-5-7-13(8-6-11)21-20(26)22-14-9-12-3-2-4-15-17(12)16(10-14)19(24)25-18(15)23/h5-10,12,15,17H,2-4H2,1H3,(H2,21,22,26). The number of cyclic esters (lactones) is 2. The van der Waals surface area contributed by atoms with E-state index < -0.39 is 5.97 Å². The number of nitrogens with one attached hydrogen (secondary N) is 2. The molecule has 5 nitrogen and oxygen atoms in total. The number of allylic oxidation sites excluding steroid dienone is 2. The second-order valence-corrected chi connectivity index (χ2v) is 7.51. The predicted molar refractivity (Wildman–Crippen MR) is 102 cm³/mol. The van der Waals surface area contributed by atoms with Gasteiger partial charge in [-0.3, -0.25) is 4.79 Å². The van der Waals surface area contributed by atoms with Crippen LogP contribution in [0.5, 0.6) is 0 Å². The van der Waals surface area contributed by atoms with E-state index in [0.717, 1.165) is 30.6 Å². The molecule has 0 spiro atoms. The van der Waals surface area contributed by atoms with Crippen LogP contribution in [0, 0.1) is 24.7 Å². The third-order valence-electron chi connectivity index (χ3n) is 5.31. The molecule has 1 saturated carbocycles. The molecule has 0 bridgehead atoms. The molecule has 1 aromatic carbocycles. The minimum atomic E-state index is -0.520. The molecule has 1 aliphatic heterocycles. The van der Waals surface area contributed by atoms with Gasteiger partial charge >= 0.3 is 11.9 Å². The highest BCUT2D eigenvalue weighted by atomic mass is 32.1. The second-order valence-electron chi connectivity index (χ2n) is 7.10. The molecule has 2 fully saturated rings. The fourth-order valence-corrected chi connectivity index (χ4v) is 4.34. The van der Waals surface area contributed by atoms with E-state index in [0.29, 0.717) is 10.7 Å². The van der Waals surface area contributed by atoms with Crippen LogP contribution < -0.4 is 10.6 Å². The van der Waals surface area contributed by atoms with Gasteiger partial charge in [0, 0.05) is 22.9 Å². The summed E-state index contributed by atoms with van der Waals surface area (Å²) in [5.41, 5.74) is 3.44. The number of thiocarbonyl (C=S) groups is 1. The number of ether oxygens (including phenoxy) is 1. The number of hydrogen-bond acceptors (Lipinski definition) is 4. The molecule has 1 saturated heterocycles. The van der Waals surface area contributed by atoms with Gasteiger partial charge in [-0.2, -0.15) is 0 Å². The van der Waals surface area contributed by atoms with Crippen LogP contribution in [0.15, 0.2) is 47.7 Å². The predicted octanol–water partition coefficient (Wildman–Crippen LogP) is 3.22. The van der Waals surface area contributed by atoms with Crippen molar-refractivity contribution in [2.45, 2.75) is 26.2 Å². The molecule has 2 N–H and O–H groups in total. The van der Waals surface area contributed by atoms with Crippen molar-refractivity contribution >= 4 is 35.0 Å². The second kappa shape index (κ2) is 6.68. The molecular formula is C20H20N2O3S. The molecule has 0 amide bonds. The van der Waals surface area contributed by atoms with Crippen molar-refractivity contribution in [3.63, 3.8) is 0 Å². The van der Waals surface area contributed by atoms with Crippen LogP contribution in [0.3, 0.4) is 0 Å². The van der Waals surface area contributed by atoms with Gasteiger partial charge in [-0.1, -0.05) is 30.2 Å². The first-order chi connectivity index (χ1) is 12.5. The van der Waals surface area contributed by atoms with Crippen LogP contribution in [0.1, 0.15) is 24.8 Å². The average Bonchev–Trinajstić information content (AvgIpc) is 2.61. The highest BCUT2D eigenvalue weighted by molar-refractivity contribution is 7.80. The quantitative estimate of drug-likeness (QED) is 0.475. The monoisotopic (exact) mass is 368 g/mol. The molecule has 2 aliphatic carbocycles. The molecule has 0 aromatic heterocycles. The number of carbonyl (C=O) groups excluding carboxylic acids is 2. The first-order valence-electron chi connectivity index (χ1n) is 8.85. The lowest BCUT2D eigenvalue weighted by atomic mass is 9.65. The number of anilines is 1. The molecule has 134 valence electrons. The summed E-state index contributed by atoms with van der Waals surface area (Å²) in [6, 6.07) is 7.94. The van der Waals surface area contributed by atoms with E-state index in [1.165, 1.54) is 5.56 Å². The van der Waals surface area contributed by atoms with Crippen molar-refractivity contribution in [3.8, 4) is 0 Å². The van der Waals surface area contributed by atoms with Gasteiger partial charge in [-0.05, 0) is 56.1 Å². The minimum Gasteiger partial charge on any atom is -0.389 e. The largest absolute Gasteiger partial charge is 0.389 e. The van der Waals surface area contributed by atoms with E-state index in [2.05, 4.69) is 16.7 Å². The summed E-state index contributed by atoms with van der Waals surface area (Å²) < 4.78 is 4.95. The zero-order chi connectivity index (χ0) is 18.3. The van der Waals surface area contributed by atoms with E-state index in [9.17, 15) is 9.59 Å². The van der Waals surface area contributed by atoms with Crippen molar-refractivity contribution < 1.29 is 14.3 Å². The maximum absolute atomic E-state index is 12.2. The van der Waals surface area contributed by atoms with Crippen LogP contribution in [-0.2, 0) is 14.3 Å². The summed E-state index contributed by atoms with van der Waals surface area (Å²) >= 11 is 5.39. The van der Waals surface area contributed by atoms with Crippen LogP contribution in [0.4, 0.5) is 5.69 Å². The van der Waals surface area contributed by atoms with Gasteiger partial charge < -0.3 is 15.4 Å². The number of benzene rings is 1. The van der Waals surface area contributed by atoms with Gasteiger partial charge in [0.15, 0.2) is 5.11 Å². The van der Waals surface area contributed by atoms with Crippen molar-refractivity contribution in [1.82, 2.24) is 5.32 Å². The molecule has 3 unspecified atom stereocenters. The summed E-state index contributed by atoms with van der Waals surface area (Å²) in [6.45, 7) is 2.03. The Morgan fingerprint density at radius 1 is 1.15 bits per heavy atom. The highest BCUT2D eigenvalue weighted by Gasteiger charge is 2.48. The maximum atomic E-state index is 12.2. The normalized spacial score (nSPS) is 26.9. The molecule has 4 rings (SSSR count). The molecule has 0 radical (unpaired) electrons. The van der Waals surface area contributed by atoms with E-state index >= 15 is 0 Å². The molecule has 1 aromatic rings. The van der Waals surface area contributed by atoms with E-state index in [1.807, 2.05) is 31.2 Å². The van der Waals surface area contributed by atoms with Crippen molar-refractivity contribution in [1.29, 1.82) is 0 Å². The topological polar surface area (TPSA) is 67.4 Å². The van der Waals surface area contributed by atoms with E-state index in [4.69, 9.17) is 17.0 Å². The number of carbonyl (C=O) groups is 2. The number of rotatable bonds is 2. The van der Waals surface area contributed by atoms with E-state index in [1.54, 1.807) is 6.08 Å². The zero-order valence-corrected chi connectivity index (χ0v) is 15.3. The smallest absolute Gasteiger partial charge is 0.342 e. The lowest BCUT2D eigenvalue weighted by Gasteiger charge is -2.41. The van der Waals surface area contributed by atoms with Crippen molar-refractivity contribution in [3.05, 3.63) is 53.3 Å². The first kappa shape index (κ1) is 17.0. The average molecular weight is 368 g/mol. The number of aryl methyl sites for hydroxylation is 1. The third-order valence-corrected chi connectivity index (χ3v) is 5.51. The summed E-state index contributed by atoms with van der Waals surface area (Å²) in [4.78, 5) is 24.2. The Kier molecular flexibility index (Phi) is 4.36. The molecule has 1 heterocycles. The van der Waals surface area contributed by atoms with Gasteiger partial charge in [0.05, 0.1) is 5.92 Å². The highest BCUT2D eigenvalue weighted by Crippen LogP contribution is 2.46. The Balaban J connectivity index is 1.51. The van der Waals surface area contributed by atoms with Gasteiger partial charge in [0.2, 0.25) is 0 Å². The Hall–Kier alpha value is -2.47. The SMILES string of the molecule is Cc1ccc(NC(=S)NC2=CC3CCCC4C(=O)OC(=O)C(=C2)C34)cc1. The van der Waals surface area contributed by atoms with Crippen molar-refractivity contribution in [2.24, 2.45) is 17.8 Å². The summed E-state index contributed by atoms with van der Waals surface area (Å²) in [5, 5.41) is 6.77. The lowest BCUT2D eigenvalue weighted by molar-refractivity contribution is -0.167. The molecular weight excluding hydrogens is 348 g/mol. The minimum absolute atomic E-state index is 0.0540. The van der Waals surface area contributed by atoms with Gasteiger partial charge in [0.25, 0.3) is 0 Å². The zero-order valence-electron chi connectivity index (χ0n) is 14.5. The Labute approximate surface area is 157 Å². The Morgan fingerprint density at radius 2 is 1.92 bits per heavy atom. The molecule has 26 heavy (non-hydrogen) atoms. The van der Waals surface area contributed by atoms with Crippen LogP contribution >= 0.6 is 12.2 Å². The summed E-state index contributed by atoms with van der Waals surface area (Å²) in [7, 11) is 0. The van der Waals surface area contributed by atoms with Gasteiger partial charge in [0.1, 0.15) is 0 Å². The Bertz CT molecular complexity index is 841. The molecule has 6 heteroatoms. The molecule has 3 atom stereocenters. The fraction of sp³-hybridized carbons (Fsp3) is 0.350. The molecule has 3 aliphatic rings. The van der Waals surface area contributed by atoms with Crippen LogP contribution in [0.2, 0.25) is 0 Å². The van der Waals surface area contributed by atoms with Crippen LogP contribution in [0.25, 0.3) is 0 Å². The lowest BCUT2D eigenvalue weighted by Crippen LogP contribution is -2.45. The first-order valence-corrected chi connectivity index (χ1v) is 9.26. The third kappa shape index (κ3) is 3.17. The van der Waals surface area contributed by atoms with Gasteiger partial charge in [-0.15, -0.1) is 0 Å². The van der Waals surface area contributed by atoms with Gasteiger partial charge in [-0.25, -0.2) is 4.79 Å². The number of hydrogen-bond donors (Lipinski definition) is 2. The summed E-state index contributed by atoms with van der Waals surface area (Å²) in [5.74, 6) is -0.985. The fourth-order valence-electron chi connectivity index (χ4n) is 4.10. The number of esters is 2.